The molecule has 0 spiro atoms. The minimum absolute atomic E-state index is 0.160. The van der Waals surface area contributed by atoms with E-state index in [1.165, 1.54) is 7.11 Å². The highest BCUT2D eigenvalue weighted by atomic mass is 32.2. The number of rotatable bonds is 5. The molecule has 8 heteroatoms. The number of methoxy groups -OCH3 is 1. The second kappa shape index (κ2) is 5.82. The lowest BCUT2D eigenvalue weighted by atomic mass is 10.1. The van der Waals surface area contributed by atoms with E-state index in [2.05, 4.69) is 14.9 Å². The topological polar surface area (TPSA) is 84.1 Å². The zero-order valence-corrected chi connectivity index (χ0v) is 13.2. The van der Waals surface area contributed by atoms with Crippen LogP contribution in [0.3, 0.4) is 0 Å². The van der Waals surface area contributed by atoms with Gasteiger partial charge in [0.05, 0.1) is 12.8 Å². The monoisotopic (exact) mass is 335 g/mol. The van der Waals surface area contributed by atoms with Crippen molar-refractivity contribution in [3.8, 4) is 17.0 Å². The third-order valence-electron chi connectivity index (χ3n) is 3.01. The molecule has 0 aliphatic rings. The predicted octanol–water partition coefficient (Wildman–Crippen LogP) is 2.95. The van der Waals surface area contributed by atoms with Crippen molar-refractivity contribution in [2.24, 2.45) is 0 Å². The van der Waals surface area contributed by atoms with E-state index in [1.807, 2.05) is 18.2 Å². The quantitative estimate of drug-likeness (QED) is 0.751. The molecule has 3 aromatic rings. The molecular weight excluding hydrogens is 322 g/mol. The third kappa shape index (κ3) is 2.83. The molecule has 6 nitrogen and oxygen atoms in total. The highest BCUT2D eigenvalue weighted by Crippen LogP contribution is 2.31. The Labute approximate surface area is 131 Å². The van der Waals surface area contributed by atoms with Crippen LogP contribution in [0.25, 0.3) is 11.3 Å². The maximum Gasteiger partial charge on any atom is 0.275 e. The molecule has 2 heterocycles. The van der Waals surface area contributed by atoms with E-state index in [9.17, 15) is 8.42 Å². The van der Waals surface area contributed by atoms with Crippen LogP contribution in [0.5, 0.6) is 5.75 Å². The van der Waals surface area contributed by atoms with Crippen LogP contribution in [0, 0.1) is 0 Å². The maximum atomic E-state index is 12.4. The summed E-state index contributed by atoms with van der Waals surface area (Å²) in [6, 6.07) is 10.5. The average Bonchev–Trinajstić information content (AvgIpc) is 3.19. The van der Waals surface area contributed by atoms with Gasteiger partial charge in [-0.15, -0.1) is 11.3 Å². The van der Waals surface area contributed by atoms with Crippen LogP contribution in [0.1, 0.15) is 0 Å². The first-order chi connectivity index (χ1) is 10.6. The number of nitrogens with one attached hydrogen (secondary N) is 2. The van der Waals surface area contributed by atoms with Gasteiger partial charge in [-0.3, -0.25) is 9.82 Å². The van der Waals surface area contributed by atoms with Gasteiger partial charge in [-0.25, -0.2) is 8.42 Å². The molecule has 114 valence electrons. The van der Waals surface area contributed by atoms with Crippen molar-refractivity contribution in [2.75, 3.05) is 11.8 Å². The number of sulfonamides is 1. The van der Waals surface area contributed by atoms with Crippen molar-refractivity contribution in [1.82, 2.24) is 10.2 Å². The fraction of sp³-hybridized carbons (Fsp3) is 0.0714. The number of benzene rings is 1. The SMILES string of the molecule is COc1ccsc1S(=O)(=O)Nc1ccc(-c2ccn[nH]2)cc1. The normalized spacial score (nSPS) is 11.3. The van der Waals surface area contributed by atoms with E-state index >= 15 is 0 Å². The molecule has 0 atom stereocenters. The Kier molecular flexibility index (Phi) is 3.86. The second-order valence-corrected chi connectivity index (χ2v) is 7.22. The summed E-state index contributed by atoms with van der Waals surface area (Å²) in [7, 11) is -2.21. The summed E-state index contributed by atoms with van der Waals surface area (Å²) in [6.07, 6.45) is 1.66. The summed E-state index contributed by atoms with van der Waals surface area (Å²) in [5.74, 6) is 0.339. The zero-order valence-electron chi connectivity index (χ0n) is 11.6. The Bertz CT molecular complexity index is 853. The fourth-order valence-corrected chi connectivity index (χ4v) is 4.30. The molecule has 2 aromatic heterocycles. The van der Waals surface area contributed by atoms with Crippen molar-refractivity contribution in [3.05, 3.63) is 48.0 Å². The zero-order chi connectivity index (χ0) is 15.6. The van der Waals surface area contributed by atoms with Crippen LogP contribution >= 0.6 is 11.3 Å². The summed E-state index contributed by atoms with van der Waals surface area (Å²) in [5, 5.41) is 8.41. The van der Waals surface area contributed by atoms with Crippen LogP contribution in [0.15, 0.2) is 52.2 Å². The van der Waals surface area contributed by atoms with E-state index in [4.69, 9.17) is 4.74 Å². The fourth-order valence-electron chi connectivity index (χ4n) is 1.97. The number of H-pyrrole nitrogens is 1. The van der Waals surface area contributed by atoms with Crippen molar-refractivity contribution >= 4 is 27.0 Å². The summed E-state index contributed by atoms with van der Waals surface area (Å²) >= 11 is 1.11. The van der Waals surface area contributed by atoms with Crippen LogP contribution in [-0.4, -0.2) is 25.7 Å². The molecule has 0 unspecified atom stereocenters. The molecule has 0 aliphatic heterocycles. The number of ether oxygens (including phenoxy) is 1. The number of hydrogen-bond donors (Lipinski definition) is 2. The van der Waals surface area contributed by atoms with Crippen molar-refractivity contribution in [2.45, 2.75) is 4.21 Å². The first-order valence-electron chi connectivity index (χ1n) is 6.34. The molecule has 0 amide bonds. The van der Waals surface area contributed by atoms with E-state index in [-0.39, 0.29) is 4.21 Å². The van der Waals surface area contributed by atoms with Crippen molar-refractivity contribution in [1.29, 1.82) is 0 Å². The first-order valence-corrected chi connectivity index (χ1v) is 8.70. The Morgan fingerprint density at radius 1 is 1.18 bits per heavy atom. The van der Waals surface area contributed by atoms with Gasteiger partial charge in [0.25, 0.3) is 10.0 Å². The molecule has 3 rings (SSSR count). The highest BCUT2D eigenvalue weighted by Gasteiger charge is 2.21. The summed E-state index contributed by atoms with van der Waals surface area (Å²) in [4.78, 5) is 0. The first kappa shape index (κ1) is 14.6. The second-order valence-electron chi connectivity index (χ2n) is 4.43. The minimum atomic E-state index is -3.66. The van der Waals surface area contributed by atoms with E-state index < -0.39 is 10.0 Å². The molecule has 0 bridgehead atoms. The van der Waals surface area contributed by atoms with Gasteiger partial charge in [-0.1, -0.05) is 12.1 Å². The molecule has 0 saturated heterocycles. The lowest BCUT2D eigenvalue weighted by molar-refractivity contribution is 0.406. The maximum absolute atomic E-state index is 12.4. The van der Waals surface area contributed by atoms with Gasteiger partial charge < -0.3 is 4.74 Å². The lowest BCUT2D eigenvalue weighted by Gasteiger charge is -2.08. The van der Waals surface area contributed by atoms with Crippen LogP contribution < -0.4 is 9.46 Å². The molecule has 0 radical (unpaired) electrons. The van der Waals surface area contributed by atoms with Gasteiger partial charge in [0, 0.05) is 11.9 Å². The number of aromatic nitrogens is 2. The van der Waals surface area contributed by atoms with E-state index in [0.29, 0.717) is 11.4 Å². The summed E-state index contributed by atoms with van der Waals surface area (Å²) in [6.45, 7) is 0. The molecular formula is C14H13N3O3S2. The van der Waals surface area contributed by atoms with E-state index in [1.54, 1.807) is 29.8 Å². The van der Waals surface area contributed by atoms with Gasteiger partial charge in [0.15, 0.2) is 4.21 Å². The Morgan fingerprint density at radius 3 is 2.59 bits per heavy atom. The number of anilines is 1. The number of nitrogens with zero attached hydrogens (tertiary/aromatic N) is 1. The van der Waals surface area contributed by atoms with Crippen LogP contribution in [-0.2, 0) is 10.0 Å². The molecule has 0 fully saturated rings. The molecule has 1 aromatic carbocycles. The number of aromatic amines is 1. The molecule has 22 heavy (non-hydrogen) atoms. The van der Waals surface area contributed by atoms with Gasteiger partial charge in [0.2, 0.25) is 0 Å². The van der Waals surface area contributed by atoms with Gasteiger partial charge in [-0.2, -0.15) is 5.10 Å². The van der Waals surface area contributed by atoms with Crippen LogP contribution in [0.4, 0.5) is 5.69 Å². The minimum Gasteiger partial charge on any atom is -0.494 e. The number of hydrogen-bond acceptors (Lipinski definition) is 5. The van der Waals surface area contributed by atoms with Crippen LogP contribution in [0.2, 0.25) is 0 Å². The predicted molar refractivity (Wildman–Crippen MR) is 85.7 cm³/mol. The van der Waals surface area contributed by atoms with Gasteiger partial charge >= 0.3 is 0 Å². The molecule has 2 N–H and O–H groups in total. The lowest BCUT2D eigenvalue weighted by Crippen LogP contribution is -2.12. The van der Waals surface area contributed by atoms with Gasteiger partial charge in [-0.05, 0) is 35.2 Å². The number of thiophene rings is 1. The highest BCUT2D eigenvalue weighted by molar-refractivity contribution is 7.94. The smallest absolute Gasteiger partial charge is 0.275 e. The van der Waals surface area contributed by atoms with Crippen molar-refractivity contribution in [3.63, 3.8) is 0 Å². The summed E-state index contributed by atoms with van der Waals surface area (Å²) in [5.41, 5.74) is 2.28. The van der Waals surface area contributed by atoms with Crippen molar-refractivity contribution < 1.29 is 13.2 Å². The standard InChI is InChI=1S/C14H13N3O3S2/c1-20-13-7-9-21-14(13)22(18,19)17-11-4-2-10(3-5-11)12-6-8-15-16-12/h2-9,17H,1H3,(H,15,16). The van der Waals surface area contributed by atoms with Gasteiger partial charge in [0.1, 0.15) is 5.75 Å². The third-order valence-corrected chi connectivity index (χ3v) is 5.84. The van der Waals surface area contributed by atoms with E-state index in [0.717, 1.165) is 22.6 Å². The molecule has 0 aliphatic carbocycles. The Morgan fingerprint density at radius 2 is 1.95 bits per heavy atom. The Hall–Kier alpha value is -2.32. The summed E-state index contributed by atoms with van der Waals surface area (Å²) < 4.78 is 32.5. The average molecular weight is 335 g/mol. The Balaban J connectivity index is 1.84. The molecule has 0 saturated carbocycles. The largest absolute Gasteiger partial charge is 0.494 e.